The largest absolute Gasteiger partial charge is 0.504 e. The van der Waals surface area contributed by atoms with Crippen molar-refractivity contribution in [3.05, 3.63) is 63.6 Å². The Morgan fingerprint density at radius 3 is 2.84 bits per heavy atom. The summed E-state index contributed by atoms with van der Waals surface area (Å²) < 4.78 is 9.93. The molecule has 3 aromatic rings. The number of ether oxygens (including phenoxy) is 1. The third-order valence-corrected chi connectivity index (χ3v) is 3.56. The first kappa shape index (κ1) is 16.1. The zero-order valence-electron chi connectivity index (χ0n) is 13.1. The molecule has 0 aliphatic rings. The summed E-state index contributed by atoms with van der Waals surface area (Å²) in [7, 11) is 1.40. The molecule has 1 aromatic heterocycles. The minimum Gasteiger partial charge on any atom is -0.504 e. The standard InChI is InChI=1S/C18H12N2O5/c1-24-16-7-10(2-5-14(16)21)6-12(9-19)17(22)11-3-4-13-15(8-11)25-18(23)20-13/h2-8,21H,1H3,(H,20,23). The number of nitrogens with one attached hydrogen (secondary N) is 1. The summed E-state index contributed by atoms with van der Waals surface area (Å²) in [6.45, 7) is 0. The highest BCUT2D eigenvalue weighted by molar-refractivity contribution is 6.14. The van der Waals surface area contributed by atoms with E-state index in [9.17, 15) is 20.0 Å². The van der Waals surface area contributed by atoms with Crippen molar-refractivity contribution in [2.24, 2.45) is 0 Å². The summed E-state index contributed by atoms with van der Waals surface area (Å²) in [5.41, 5.74) is 1.33. The highest BCUT2D eigenvalue weighted by Crippen LogP contribution is 2.27. The molecule has 0 saturated carbocycles. The van der Waals surface area contributed by atoms with Gasteiger partial charge in [-0.2, -0.15) is 5.26 Å². The van der Waals surface area contributed by atoms with Crippen molar-refractivity contribution < 1.29 is 19.1 Å². The summed E-state index contributed by atoms with van der Waals surface area (Å²) in [5.74, 6) is -0.946. The molecule has 0 aliphatic carbocycles. The van der Waals surface area contributed by atoms with Crippen molar-refractivity contribution >= 4 is 23.0 Å². The number of nitriles is 1. The first-order valence-electron chi connectivity index (χ1n) is 7.18. The summed E-state index contributed by atoms with van der Waals surface area (Å²) in [6, 6.07) is 10.8. The second-order valence-electron chi connectivity index (χ2n) is 5.16. The molecule has 0 bridgehead atoms. The number of nitrogens with zero attached hydrogens (tertiary/aromatic N) is 1. The lowest BCUT2D eigenvalue weighted by molar-refractivity contribution is 0.104. The third kappa shape index (κ3) is 3.14. The number of oxazole rings is 1. The summed E-state index contributed by atoms with van der Waals surface area (Å²) in [4.78, 5) is 26.2. The minimum atomic E-state index is -0.619. The van der Waals surface area contributed by atoms with Crippen LogP contribution in [0.4, 0.5) is 0 Å². The number of aromatic hydroxyl groups is 1. The number of methoxy groups -OCH3 is 1. The molecule has 0 atom stereocenters. The number of carbonyl (C=O) groups is 1. The van der Waals surface area contributed by atoms with E-state index in [1.165, 1.54) is 43.5 Å². The van der Waals surface area contributed by atoms with Gasteiger partial charge < -0.3 is 14.3 Å². The van der Waals surface area contributed by atoms with E-state index in [0.717, 1.165) is 0 Å². The number of allylic oxidation sites excluding steroid dienone is 1. The van der Waals surface area contributed by atoms with Crippen molar-refractivity contribution in [2.75, 3.05) is 7.11 Å². The lowest BCUT2D eigenvalue weighted by atomic mass is 10.0. The molecular formula is C18H12N2O5. The molecule has 0 fully saturated rings. The number of phenolic OH excluding ortho intramolecular Hbond substituents is 1. The minimum absolute atomic E-state index is 0.0441. The van der Waals surface area contributed by atoms with Gasteiger partial charge in [0.05, 0.1) is 12.6 Å². The van der Waals surface area contributed by atoms with Crippen LogP contribution in [0.25, 0.3) is 17.2 Å². The van der Waals surface area contributed by atoms with E-state index in [-0.39, 0.29) is 28.2 Å². The number of ketones is 1. The maximum atomic E-state index is 12.6. The molecule has 0 amide bonds. The Bertz CT molecular complexity index is 1100. The van der Waals surface area contributed by atoms with Crippen LogP contribution in [0.2, 0.25) is 0 Å². The van der Waals surface area contributed by atoms with Crippen molar-refractivity contribution in [1.29, 1.82) is 5.26 Å². The molecule has 0 unspecified atom stereocenters. The van der Waals surface area contributed by atoms with Crippen LogP contribution in [-0.2, 0) is 0 Å². The van der Waals surface area contributed by atoms with Gasteiger partial charge in [-0.1, -0.05) is 6.07 Å². The molecule has 124 valence electrons. The predicted molar refractivity (Wildman–Crippen MR) is 89.4 cm³/mol. The fourth-order valence-corrected chi connectivity index (χ4v) is 2.34. The van der Waals surface area contributed by atoms with E-state index in [1.54, 1.807) is 6.07 Å². The monoisotopic (exact) mass is 336 g/mol. The Morgan fingerprint density at radius 2 is 2.12 bits per heavy atom. The number of rotatable bonds is 4. The number of hydrogen-bond acceptors (Lipinski definition) is 6. The molecule has 2 aromatic carbocycles. The number of hydrogen-bond donors (Lipinski definition) is 2. The third-order valence-electron chi connectivity index (χ3n) is 3.56. The summed E-state index contributed by atoms with van der Waals surface area (Å²) in [6.07, 6.45) is 1.39. The normalized spacial score (nSPS) is 11.3. The molecular weight excluding hydrogens is 324 g/mol. The van der Waals surface area contributed by atoms with E-state index >= 15 is 0 Å². The highest BCUT2D eigenvalue weighted by Gasteiger charge is 2.14. The number of aromatic amines is 1. The number of Topliss-reactive ketones (excluding diaryl/α,β-unsaturated/α-hetero) is 1. The van der Waals surface area contributed by atoms with Crippen molar-refractivity contribution in [1.82, 2.24) is 4.98 Å². The smallest absolute Gasteiger partial charge is 0.417 e. The Hall–Kier alpha value is -3.79. The van der Waals surface area contributed by atoms with Crippen LogP contribution in [0.3, 0.4) is 0 Å². The Kier molecular flexibility index (Phi) is 4.10. The Balaban J connectivity index is 2.00. The molecule has 7 nitrogen and oxygen atoms in total. The SMILES string of the molecule is COc1cc(C=C(C#N)C(=O)c2ccc3[nH]c(=O)oc3c2)ccc1O. The Labute approximate surface area is 141 Å². The highest BCUT2D eigenvalue weighted by atomic mass is 16.5. The van der Waals surface area contributed by atoms with Crippen molar-refractivity contribution in [3.8, 4) is 17.6 Å². The lowest BCUT2D eigenvalue weighted by Crippen LogP contribution is -2.01. The average Bonchev–Trinajstić information content (AvgIpc) is 2.99. The molecule has 0 spiro atoms. The van der Waals surface area contributed by atoms with Gasteiger partial charge in [-0.05, 0) is 42.0 Å². The van der Waals surface area contributed by atoms with E-state index in [1.807, 2.05) is 6.07 Å². The van der Waals surface area contributed by atoms with Gasteiger partial charge in [0.1, 0.15) is 11.6 Å². The van der Waals surface area contributed by atoms with E-state index in [4.69, 9.17) is 9.15 Å². The average molecular weight is 336 g/mol. The van der Waals surface area contributed by atoms with Gasteiger partial charge in [0.2, 0.25) is 5.78 Å². The van der Waals surface area contributed by atoms with Crippen LogP contribution in [0.5, 0.6) is 11.5 Å². The molecule has 1 heterocycles. The lowest BCUT2D eigenvalue weighted by Gasteiger charge is -2.04. The van der Waals surface area contributed by atoms with Gasteiger partial charge >= 0.3 is 5.76 Å². The first-order valence-corrected chi connectivity index (χ1v) is 7.18. The molecule has 0 saturated heterocycles. The van der Waals surface area contributed by atoms with E-state index in [0.29, 0.717) is 11.1 Å². The summed E-state index contributed by atoms with van der Waals surface area (Å²) in [5, 5.41) is 18.9. The number of fused-ring (bicyclic) bond motifs is 1. The predicted octanol–water partition coefficient (Wildman–Crippen LogP) is 2.63. The van der Waals surface area contributed by atoms with Crippen LogP contribution in [0.1, 0.15) is 15.9 Å². The second-order valence-corrected chi connectivity index (χ2v) is 5.16. The van der Waals surface area contributed by atoms with Gasteiger partial charge in [0.25, 0.3) is 0 Å². The number of carbonyl (C=O) groups excluding carboxylic acids is 1. The van der Waals surface area contributed by atoms with E-state index in [2.05, 4.69) is 4.98 Å². The van der Waals surface area contributed by atoms with Crippen LogP contribution >= 0.6 is 0 Å². The number of aromatic nitrogens is 1. The van der Waals surface area contributed by atoms with Gasteiger partial charge in [0, 0.05) is 5.56 Å². The van der Waals surface area contributed by atoms with Crippen LogP contribution in [-0.4, -0.2) is 23.0 Å². The molecule has 2 N–H and O–H groups in total. The zero-order valence-corrected chi connectivity index (χ0v) is 13.1. The van der Waals surface area contributed by atoms with Crippen LogP contribution < -0.4 is 10.5 Å². The molecule has 25 heavy (non-hydrogen) atoms. The second kappa shape index (κ2) is 6.37. The Morgan fingerprint density at radius 1 is 1.32 bits per heavy atom. The summed E-state index contributed by atoms with van der Waals surface area (Å²) >= 11 is 0. The molecule has 7 heteroatoms. The van der Waals surface area contributed by atoms with Crippen molar-refractivity contribution in [2.45, 2.75) is 0 Å². The fraction of sp³-hybridized carbons (Fsp3) is 0.0556. The van der Waals surface area contributed by atoms with Gasteiger partial charge in [-0.25, -0.2) is 4.79 Å². The molecule has 3 rings (SSSR count). The molecule has 0 radical (unpaired) electrons. The van der Waals surface area contributed by atoms with E-state index < -0.39 is 11.5 Å². The van der Waals surface area contributed by atoms with Gasteiger partial charge in [0.15, 0.2) is 17.1 Å². The van der Waals surface area contributed by atoms with Crippen LogP contribution in [0.15, 0.2) is 51.2 Å². The zero-order chi connectivity index (χ0) is 18.0. The number of benzene rings is 2. The number of phenols is 1. The topological polar surface area (TPSA) is 116 Å². The van der Waals surface area contributed by atoms with Gasteiger partial charge in [-0.15, -0.1) is 0 Å². The molecule has 0 aliphatic heterocycles. The number of H-pyrrole nitrogens is 1. The maximum absolute atomic E-state index is 12.6. The van der Waals surface area contributed by atoms with Gasteiger partial charge in [-0.3, -0.25) is 9.78 Å². The first-order chi connectivity index (χ1) is 12.0. The van der Waals surface area contributed by atoms with Crippen LogP contribution in [0, 0.1) is 11.3 Å². The maximum Gasteiger partial charge on any atom is 0.417 e. The quantitative estimate of drug-likeness (QED) is 0.430. The fourth-order valence-electron chi connectivity index (χ4n) is 2.34. The van der Waals surface area contributed by atoms with Crippen molar-refractivity contribution in [3.63, 3.8) is 0 Å².